The number of nitrogens with zero attached hydrogens (tertiary/aromatic N) is 2. The third-order valence-electron chi connectivity index (χ3n) is 3.41. The lowest BCUT2D eigenvalue weighted by Gasteiger charge is -2.04. The molecule has 0 bridgehead atoms. The lowest BCUT2D eigenvalue weighted by atomic mass is 10.1. The summed E-state index contributed by atoms with van der Waals surface area (Å²) in [6.45, 7) is 2.56. The smallest absolute Gasteiger partial charge is 0.227 e. The molecule has 2 aromatic carbocycles. The number of carbonyl (C=O) groups excluding carboxylic acids is 1. The number of amides is 1. The first-order valence-corrected chi connectivity index (χ1v) is 8.47. The van der Waals surface area contributed by atoms with E-state index in [1.165, 1.54) is 16.9 Å². The summed E-state index contributed by atoms with van der Waals surface area (Å²) in [6.07, 6.45) is 0.236. The molecule has 3 rings (SSSR count). The fraction of sp³-hybridized carbons (Fsp3) is 0.167. The molecule has 0 spiro atoms. The Bertz CT molecular complexity index is 799. The third-order valence-corrected chi connectivity index (χ3v) is 4.25. The van der Waals surface area contributed by atoms with Gasteiger partial charge in [0, 0.05) is 12.2 Å². The molecule has 6 heteroatoms. The van der Waals surface area contributed by atoms with Gasteiger partial charge in [-0.05, 0) is 24.6 Å². The zero-order valence-corrected chi connectivity index (χ0v) is 14.1. The Hall–Kier alpha value is -2.73. The van der Waals surface area contributed by atoms with Crippen LogP contribution in [0.2, 0.25) is 0 Å². The first kappa shape index (κ1) is 16.1. The molecule has 5 nitrogen and oxygen atoms in total. The number of anilines is 2. The number of carbonyl (C=O) groups is 1. The minimum absolute atomic E-state index is 0.0574. The number of aromatic nitrogens is 2. The Morgan fingerprint density at radius 1 is 1.04 bits per heavy atom. The maximum atomic E-state index is 12.0. The molecule has 122 valence electrons. The number of benzene rings is 2. The van der Waals surface area contributed by atoms with Crippen molar-refractivity contribution in [2.75, 3.05) is 5.32 Å². The van der Waals surface area contributed by atoms with Gasteiger partial charge in [0.2, 0.25) is 11.0 Å². The largest absolute Gasteiger partial charge is 0.352 e. The molecule has 24 heavy (non-hydrogen) atoms. The van der Waals surface area contributed by atoms with E-state index >= 15 is 0 Å². The quantitative estimate of drug-likeness (QED) is 0.722. The fourth-order valence-electron chi connectivity index (χ4n) is 2.13. The second kappa shape index (κ2) is 7.70. The monoisotopic (exact) mass is 338 g/mol. The number of nitrogens with one attached hydrogen (secondary N) is 2. The average Bonchev–Trinajstić information content (AvgIpc) is 3.02. The van der Waals surface area contributed by atoms with Gasteiger partial charge in [-0.1, -0.05) is 59.4 Å². The Balaban J connectivity index is 1.50. The second-order valence-electron chi connectivity index (χ2n) is 5.43. The van der Waals surface area contributed by atoms with E-state index in [1.54, 1.807) is 0 Å². The highest BCUT2D eigenvalue weighted by Gasteiger charge is 2.09. The van der Waals surface area contributed by atoms with E-state index < -0.39 is 0 Å². The van der Waals surface area contributed by atoms with Gasteiger partial charge < -0.3 is 10.6 Å². The van der Waals surface area contributed by atoms with Crippen molar-refractivity contribution in [2.24, 2.45) is 0 Å². The van der Waals surface area contributed by atoms with Gasteiger partial charge in [-0.15, -0.1) is 10.2 Å². The van der Waals surface area contributed by atoms with Crippen LogP contribution in [0.4, 0.5) is 10.8 Å². The van der Waals surface area contributed by atoms with Gasteiger partial charge in [0.15, 0.2) is 0 Å². The Morgan fingerprint density at radius 3 is 2.54 bits per heavy atom. The van der Waals surface area contributed by atoms with E-state index in [1.807, 2.05) is 61.5 Å². The van der Waals surface area contributed by atoms with Gasteiger partial charge in [0.1, 0.15) is 5.01 Å². The summed E-state index contributed by atoms with van der Waals surface area (Å²) >= 11 is 1.39. The molecule has 0 saturated carbocycles. The molecule has 0 atom stereocenters. The van der Waals surface area contributed by atoms with Gasteiger partial charge in [-0.3, -0.25) is 4.79 Å². The summed E-state index contributed by atoms with van der Waals surface area (Å²) < 4.78 is 0. The van der Waals surface area contributed by atoms with Crippen molar-refractivity contribution in [1.82, 2.24) is 15.5 Å². The molecular weight excluding hydrogens is 320 g/mol. The number of hydrogen-bond acceptors (Lipinski definition) is 5. The van der Waals surface area contributed by atoms with Crippen LogP contribution in [0.5, 0.6) is 0 Å². The highest BCUT2D eigenvalue weighted by Crippen LogP contribution is 2.20. The van der Waals surface area contributed by atoms with E-state index in [4.69, 9.17) is 0 Å². The SMILES string of the molecule is Cc1ccc(CNC(=O)Cc2nnc(Nc3ccccc3)s2)cc1. The molecule has 1 heterocycles. The van der Waals surface area contributed by atoms with Crippen LogP contribution in [-0.4, -0.2) is 16.1 Å². The van der Waals surface area contributed by atoms with Gasteiger partial charge in [0.05, 0.1) is 6.42 Å². The molecule has 0 radical (unpaired) electrons. The number of para-hydroxylation sites is 1. The number of hydrogen-bond donors (Lipinski definition) is 2. The molecule has 0 aliphatic heterocycles. The minimum Gasteiger partial charge on any atom is -0.352 e. The fourth-order valence-corrected chi connectivity index (χ4v) is 2.89. The molecule has 0 saturated heterocycles. The molecule has 0 aliphatic carbocycles. The van der Waals surface area contributed by atoms with E-state index in [0.717, 1.165) is 11.3 Å². The number of rotatable bonds is 6. The van der Waals surface area contributed by atoms with Crippen LogP contribution in [-0.2, 0) is 17.8 Å². The van der Waals surface area contributed by atoms with E-state index in [0.29, 0.717) is 16.7 Å². The Labute approximate surface area is 144 Å². The lowest BCUT2D eigenvalue weighted by Crippen LogP contribution is -2.24. The minimum atomic E-state index is -0.0574. The first-order chi connectivity index (χ1) is 11.7. The van der Waals surface area contributed by atoms with Crippen LogP contribution in [0.3, 0.4) is 0 Å². The zero-order valence-electron chi connectivity index (χ0n) is 13.3. The van der Waals surface area contributed by atoms with Crippen LogP contribution in [0.25, 0.3) is 0 Å². The average molecular weight is 338 g/mol. The van der Waals surface area contributed by atoms with Crippen molar-refractivity contribution in [2.45, 2.75) is 19.9 Å². The summed E-state index contributed by atoms with van der Waals surface area (Å²) in [5, 5.41) is 15.6. The zero-order chi connectivity index (χ0) is 16.8. The molecule has 3 aromatic rings. The van der Waals surface area contributed by atoms with Crippen molar-refractivity contribution < 1.29 is 4.79 Å². The summed E-state index contributed by atoms with van der Waals surface area (Å²) in [5.41, 5.74) is 3.24. The van der Waals surface area contributed by atoms with Crippen molar-refractivity contribution >= 4 is 28.1 Å². The highest BCUT2D eigenvalue weighted by molar-refractivity contribution is 7.15. The predicted molar refractivity (Wildman–Crippen MR) is 96.4 cm³/mol. The Morgan fingerprint density at radius 2 is 1.79 bits per heavy atom. The Kier molecular flexibility index (Phi) is 5.18. The standard InChI is InChI=1S/C18H18N4OS/c1-13-7-9-14(10-8-13)12-19-16(23)11-17-21-22-18(24-17)20-15-5-3-2-4-6-15/h2-10H,11-12H2,1H3,(H,19,23)(H,20,22). The molecule has 2 N–H and O–H groups in total. The van der Waals surface area contributed by atoms with Crippen molar-refractivity contribution in [1.29, 1.82) is 0 Å². The van der Waals surface area contributed by atoms with Crippen LogP contribution in [0.1, 0.15) is 16.1 Å². The summed E-state index contributed by atoms with van der Waals surface area (Å²) in [5.74, 6) is -0.0574. The molecule has 1 aromatic heterocycles. The van der Waals surface area contributed by atoms with Gasteiger partial charge in [-0.2, -0.15) is 0 Å². The topological polar surface area (TPSA) is 66.9 Å². The van der Waals surface area contributed by atoms with Crippen LogP contribution in [0.15, 0.2) is 54.6 Å². The summed E-state index contributed by atoms with van der Waals surface area (Å²) in [6, 6.07) is 17.9. The molecule has 0 unspecified atom stereocenters. The second-order valence-corrected chi connectivity index (χ2v) is 6.49. The predicted octanol–water partition coefficient (Wildman–Crippen LogP) is 3.45. The van der Waals surface area contributed by atoms with Crippen LogP contribution in [0, 0.1) is 6.92 Å². The van der Waals surface area contributed by atoms with E-state index in [9.17, 15) is 4.79 Å². The van der Waals surface area contributed by atoms with Crippen molar-refractivity contribution in [3.8, 4) is 0 Å². The molecule has 0 fully saturated rings. The van der Waals surface area contributed by atoms with Crippen LogP contribution < -0.4 is 10.6 Å². The summed E-state index contributed by atoms with van der Waals surface area (Å²) in [4.78, 5) is 12.0. The van der Waals surface area contributed by atoms with Gasteiger partial charge in [0.25, 0.3) is 0 Å². The third kappa shape index (κ3) is 4.63. The van der Waals surface area contributed by atoms with Crippen LogP contribution >= 0.6 is 11.3 Å². The molecule has 0 aliphatic rings. The van der Waals surface area contributed by atoms with Gasteiger partial charge in [-0.25, -0.2) is 0 Å². The van der Waals surface area contributed by atoms with E-state index in [-0.39, 0.29) is 12.3 Å². The van der Waals surface area contributed by atoms with Gasteiger partial charge >= 0.3 is 0 Å². The lowest BCUT2D eigenvalue weighted by molar-refractivity contribution is -0.120. The maximum absolute atomic E-state index is 12.0. The summed E-state index contributed by atoms with van der Waals surface area (Å²) in [7, 11) is 0. The van der Waals surface area contributed by atoms with Crippen molar-refractivity contribution in [3.05, 3.63) is 70.7 Å². The number of aryl methyl sites for hydroxylation is 1. The first-order valence-electron chi connectivity index (χ1n) is 7.66. The van der Waals surface area contributed by atoms with E-state index in [2.05, 4.69) is 20.8 Å². The highest BCUT2D eigenvalue weighted by atomic mass is 32.1. The normalized spacial score (nSPS) is 10.4. The molecular formula is C18H18N4OS. The maximum Gasteiger partial charge on any atom is 0.227 e. The van der Waals surface area contributed by atoms with Crippen molar-refractivity contribution in [3.63, 3.8) is 0 Å². The molecule has 1 amide bonds.